The number of carboxylic acid groups (broad SMARTS) is 1. The monoisotopic (exact) mass is 509 g/mol. The maximum absolute atomic E-state index is 12.8. The molecule has 0 fully saturated rings. The Bertz CT molecular complexity index is 1400. The molecular formula is C29H26F3NO4. The van der Waals surface area contributed by atoms with Crippen molar-refractivity contribution in [2.75, 3.05) is 13.7 Å². The van der Waals surface area contributed by atoms with Crippen LogP contribution in [-0.2, 0) is 28.5 Å². The maximum Gasteiger partial charge on any atom is 0.416 e. The van der Waals surface area contributed by atoms with E-state index in [-0.39, 0.29) is 6.42 Å². The first-order chi connectivity index (χ1) is 17.7. The molecule has 0 saturated carbocycles. The minimum atomic E-state index is -4.37. The molecule has 0 bridgehead atoms. The fraction of sp³-hybridized carbons (Fsp3) is 0.241. The maximum atomic E-state index is 12.8. The lowest BCUT2D eigenvalue weighted by Gasteiger charge is -2.15. The summed E-state index contributed by atoms with van der Waals surface area (Å²) in [5, 5.41) is 11.1. The first kappa shape index (κ1) is 26.2. The summed E-state index contributed by atoms with van der Waals surface area (Å²) in [7, 11) is 1.38. The van der Waals surface area contributed by atoms with Gasteiger partial charge in [-0.15, -0.1) is 0 Å². The fourth-order valence-corrected chi connectivity index (χ4v) is 4.22. The molecule has 1 unspecified atom stereocenters. The van der Waals surface area contributed by atoms with E-state index in [9.17, 15) is 23.1 Å². The molecule has 0 aliphatic carbocycles. The zero-order valence-corrected chi connectivity index (χ0v) is 20.4. The van der Waals surface area contributed by atoms with E-state index in [1.807, 2.05) is 49.4 Å². The van der Waals surface area contributed by atoms with Gasteiger partial charge >= 0.3 is 12.1 Å². The number of pyridine rings is 1. The van der Waals surface area contributed by atoms with Gasteiger partial charge in [0, 0.05) is 36.6 Å². The minimum absolute atomic E-state index is 0.239. The average Bonchev–Trinajstić information content (AvgIpc) is 2.88. The van der Waals surface area contributed by atoms with Crippen molar-refractivity contribution in [2.45, 2.75) is 32.0 Å². The van der Waals surface area contributed by atoms with Crippen molar-refractivity contribution in [3.8, 4) is 17.0 Å². The number of carboxylic acids is 1. The highest BCUT2D eigenvalue weighted by atomic mass is 19.4. The number of aromatic nitrogens is 1. The van der Waals surface area contributed by atoms with E-state index in [1.54, 1.807) is 6.07 Å². The second-order valence-electron chi connectivity index (χ2n) is 8.65. The summed E-state index contributed by atoms with van der Waals surface area (Å²) in [5.74, 6) is -0.323. The van der Waals surface area contributed by atoms with Gasteiger partial charge in [-0.3, -0.25) is 4.98 Å². The van der Waals surface area contributed by atoms with Crippen molar-refractivity contribution in [1.82, 2.24) is 4.98 Å². The predicted molar refractivity (Wildman–Crippen MR) is 135 cm³/mol. The van der Waals surface area contributed by atoms with E-state index in [0.717, 1.165) is 39.7 Å². The van der Waals surface area contributed by atoms with E-state index in [2.05, 4.69) is 4.98 Å². The number of aliphatic carboxylic acids is 1. The van der Waals surface area contributed by atoms with Crippen LogP contribution in [0.4, 0.5) is 13.2 Å². The summed E-state index contributed by atoms with van der Waals surface area (Å²) in [6, 6.07) is 20.0. The van der Waals surface area contributed by atoms with Crippen molar-refractivity contribution in [2.24, 2.45) is 0 Å². The van der Waals surface area contributed by atoms with Crippen LogP contribution in [0.2, 0.25) is 0 Å². The van der Waals surface area contributed by atoms with Crippen LogP contribution in [0.1, 0.15) is 22.4 Å². The highest BCUT2D eigenvalue weighted by Crippen LogP contribution is 2.32. The minimum Gasteiger partial charge on any atom is -0.493 e. The number of nitrogens with zero attached hydrogens (tertiary/aromatic N) is 1. The van der Waals surface area contributed by atoms with Crippen LogP contribution in [0.15, 0.2) is 72.8 Å². The Balaban J connectivity index is 1.45. The van der Waals surface area contributed by atoms with Gasteiger partial charge in [-0.25, -0.2) is 4.79 Å². The Kier molecular flexibility index (Phi) is 7.78. The van der Waals surface area contributed by atoms with Crippen LogP contribution in [0.5, 0.6) is 5.75 Å². The number of alkyl halides is 3. The number of methoxy groups -OCH3 is 1. The molecule has 8 heteroatoms. The van der Waals surface area contributed by atoms with Gasteiger partial charge in [0.05, 0.1) is 17.9 Å². The molecule has 1 N–H and O–H groups in total. The number of benzene rings is 3. The largest absolute Gasteiger partial charge is 0.493 e. The van der Waals surface area contributed by atoms with Crippen LogP contribution in [0, 0.1) is 6.92 Å². The van der Waals surface area contributed by atoms with Gasteiger partial charge in [-0.1, -0.05) is 48.5 Å². The molecule has 0 amide bonds. The number of hydrogen-bond acceptors (Lipinski definition) is 4. The molecule has 5 nitrogen and oxygen atoms in total. The lowest BCUT2D eigenvalue weighted by Crippen LogP contribution is -2.24. The van der Waals surface area contributed by atoms with Gasteiger partial charge in [0.25, 0.3) is 0 Å². The van der Waals surface area contributed by atoms with E-state index < -0.39 is 23.8 Å². The van der Waals surface area contributed by atoms with Crippen molar-refractivity contribution in [3.05, 3.63) is 95.2 Å². The zero-order valence-electron chi connectivity index (χ0n) is 20.4. The SMILES string of the molecule is COC(Cc1ccc(OCCc2ccc(-c3ccc(C(F)(F)F)cc3)nc2C)c2ccccc12)C(=O)O. The van der Waals surface area contributed by atoms with E-state index in [1.165, 1.54) is 19.2 Å². The quantitative estimate of drug-likeness (QED) is 0.279. The van der Waals surface area contributed by atoms with Crippen molar-refractivity contribution in [1.29, 1.82) is 0 Å². The Hall–Kier alpha value is -3.91. The normalized spacial score (nSPS) is 12.5. The Labute approximate surface area is 212 Å². The van der Waals surface area contributed by atoms with E-state index in [0.29, 0.717) is 30.0 Å². The smallest absolute Gasteiger partial charge is 0.416 e. The molecule has 0 aliphatic heterocycles. The molecule has 4 rings (SSSR count). The van der Waals surface area contributed by atoms with Crippen molar-refractivity contribution < 1.29 is 32.5 Å². The molecule has 37 heavy (non-hydrogen) atoms. The Morgan fingerprint density at radius 2 is 1.62 bits per heavy atom. The number of halogens is 3. The second-order valence-corrected chi connectivity index (χ2v) is 8.65. The van der Waals surface area contributed by atoms with Gasteiger partial charge in [-0.05, 0) is 47.7 Å². The highest BCUT2D eigenvalue weighted by molar-refractivity contribution is 5.91. The summed E-state index contributed by atoms with van der Waals surface area (Å²) in [6.45, 7) is 2.25. The second kappa shape index (κ2) is 11.0. The third kappa shape index (κ3) is 6.09. The molecule has 0 aliphatic rings. The van der Waals surface area contributed by atoms with Crippen LogP contribution >= 0.6 is 0 Å². The van der Waals surface area contributed by atoms with Crippen molar-refractivity contribution >= 4 is 16.7 Å². The third-order valence-electron chi connectivity index (χ3n) is 6.27. The molecule has 4 aromatic rings. The number of hydrogen-bond donors (Lipinski definition) is 1. The van der Waals surface area contributed by atoms with Crippen LogP contribution in [-0.4, -0.2) is 35.9 Å². The van der Waals surface area contributed by atoms with E-state index in [4.69, 9.17) is 9.47 Å². The molecule has 192 valence electrons. The summed E-state index contributed by atoms with van der Waals surface area (Å²) in [5.41, 5.74) is 3.14. The van der Waals surface area contributed by atoms with Crippen molar-refractivity contribution in [3.63, 3.8) is 0 Å². The number of fused-ring (bicyclic) bond motifs is 1. The molecule has 0 spiro atoms. The number of ether oxygens (including phenoxy) is 2. The molecule has 1 heterocycles. The summed E-state index contributed by atoms with van der Waals surface area (Å²) in [4.78, 5) is 16.0. The number of aryl methyl sites for hydroxylation is 1. The van der Waals surface area contributed by atoms with Gasteiger partial charge < -0.3 is 14.6 Å². The molecule has 0 radical (unpaired) electrons. The predicted octanol–water partition coefficient (Wildman–Crippen LogP) is 6.49. The lowest BCUT2D eigenvalue weighted by atomic mass is 9.99. The summed E-state index contributed by atoms with van der Waals surface area (Å²) < 4.78 is 49.7. The zero-order chi connectivity index (χ0) is 26.6. The standard InChI is InChI=1S/C29H26F3NO4/c1-18-19(9-13-25(33-18)20-7-11-22(12-8-20)29(30,31)32)15-16-37-26-14-10-21(17-27(36-2)28(34)35)23-5-3-4-6-24(23)26/h3-14,27H,15-17H2,1-2H3,(H,34,35). The Morgan fingerprint density at radius 1 is 0.946 bits per heavy atom. The van der Waals surface area contributed by atoms with Gasteiger partial charge in [0.2, 0.25) is 0 Å². The lowest BCUT2D eigenvalue weighted by molar-refractivity contribution is -0.148. The topological polar surface area (TPSA) is 68.7 Å². The molecule has 1 atom stereocenters. The molecule has 0 saturated heterocycles. The highest BCUT2D eigenvalue weighted by Gasteiger charge is 2.30. The first-order valence-electron chi connectivity index (χ1n) is 11.7. The van der Waals surface area contributed by atoms with Crippen LogP contribution in [0.25, 0.3) is 22.0 Å². The molecule has 3 aromatic carbocycles. The fourth-order valence-electron chi connectivity index (χ4n) is 4.22. The Morgan fingerprint density at radius 3 is 2.24 bits per heavy atom. The number of rotatable bonds is 9. The first-order valence-corrected chi connectivity index (χ1v) is 11.7. The number of carbonyl (C=O) groups is 1. The van der Waals surface area contributed by atoms with Gasteiger partial charge in [0.15, 0.2) is 6.10 Å². The molecular weight excluding hydrogens is 483 g/mol. The van der Waals surface area contributed by atoms with Crippen LogP contribution in [0.3, 0.4) is 0 Å². The summed E-state index contributed by atoms with van der Waals surface area (Å²) >= 11 is 0. The van der Waals surface area contributed by atoms with Crippen LogP contribution < -0.4 is 4.74 Å². The third-order valence-corrected chi connectivity index (χ3v) is 6.27. The van der Waals surface area contributed by atoms with Gasteiger partial charge in [-0.2, -0.15) is 13.2 Å². The molecule has 1 aromatic heterocycles. The average molecular weight is 510 g/mol. The van der Waals surface area contributed by atoms with Gasteiger partial charge in [0.1, 0.15) is 5.75 Å². The summed E-state index contributed by atoms with van der Waals surface area (Å²) in [6.07, 6.45) is -4.48. The van der Waals surface area contributed by atoms with E-state index >= 15 is 0 Å².